The van der Waals surface area contributed by atoms with Crippen LogP contribution in [0.15, 0.2) is 6.07 Å². The van der Waals surface area contributed by atoms with E-state index in [-0.39, 0.29) is 23.6 Å². The summed E-state index contributed by atoms with van der Waals surface area (Å²) >= 11 is 0. The van der Waals surface area contributed by atoms with Crippen molar-refractivity contribution in [3.63, 3.8) is 0 Å². The van der Waals surface area contributed by atoms with E-state index in [0.29, 0.717) is 0 Å². The maximum absolute atomic E-state index is 12.6. The van der Waals surface area contributed by atoms with Crippen LogP contribution >= 0.6 is 0 Å². The number of hydrazine groups is 1. The Hall–Kier alpha value is -1.57. The molecule has 0 aliphatic rings. The Morgan fingerprint density at radius 3 is 2.26 bits per heavy atom. The Balaban J connectivity index is 3.07. The van der Waals surface area contributed by atoms with E-state index in [2.05, 4.69) is 20.7 Å². The number of rotatable bonds is 5. The zero-order valence-electron chi connectivity index (χ0n) is 11.0. The van der Waals surface area contributed by atoms with Crippen LogP contribution in [0.3, 0.4) is 0 Å². The zero-order chi connectivity index (χ0) is 14.6. The van der Waals surface area contributed by atoms with Crippen LogP contribution in [0.2, 0.25) is 0 Å². The molecule has 4 N–H and O–H groups in total. The lowest BCUT2D eigenvalue weighted by Gasteiger charge is -2.22. The third kappa shape index (κ3) is 4.23. The van der Waals surface area contributed by atoms with E-state index in [1.165, 1.54) is 6.07 Å². The Morgan fingerprint density at radius 2 is 1.84 bits per heavy atom. The molecule has 0 bridgehead atoms. The standard InChI is InChI=1S/C11H18F3N5/c1-4-7(6(2)3)16-8-5-9(19-15)18-10(17-8)11(12,13)14/h5-7H,4,15H2,1-3H3,(H2,16,17,18,19). The van der Waals surface area contributed by atoms with Crippen LogP contribution in [0.1, 0.15) is 33.0 Å². The van der Waals surface area contributed by atoms with Gasteiger partial charge in [0.15, 0.2) is 0 Å². The van der Waals surface area contributed by atoms with Crippen LogP contribution in [-0.4, -0.2) is 16.0 Å². The minimum absolute atomic E-state index is 0.0293. The first kappa shape index (κ1) is 15.5. The van der Waals surface area contributed by atoms with Gasteiger partial charge in [0, 0.05) is 12.1 Å². The first-order valence-electron chi connectivity index (χ1n) is 5.97. The first-order valence-corrected chi connectivity index (χ1v) is 5.97. The second-order valence-corrected chi connectivity index (χ2v) is 4.51. The van der Waals surface area contributed by atoms with Crippen LogP contribution in [0, 0.1) is 5.92 Å². The molecule has 0 amide bonds. The molecule has 0 radical (unpaired) electrons. The van der Waals surface area contributed by atoms with Crippen LogP contribution in [0.5, 0.6) is 0 Å². The molecule has 19 heavy (non-hydrogen) atoms. The van der Waals surface area contributed by atoms with Crippen LogP contribution in [0.25, 0.3) is 0 Å². The molecule has 1 unspecified atom stereocenters. The predicted octanol–water partition coefficient (Wildman–Crippen LogP) is 2.63. The van der Waals surface area contributed by atoms with Gasteiger partial charge in [0.2, 0.25) is 5.82 Å². The van der Waals surface area contributed by atoms with Gasteiger partial charge in [-0.05, 0) is 12.3 Å². The summed E-state index contributed by atoms with van der Waals surface area (Å²) in [5, 5.41) is 2.97. The molecule has 108 valence electrons. The predicted molar refractivity (Wildman–Crippen MR) is 67.4 cm³/mol. The van der Waals surface area contributed by atoms with Crippen molar-refractivity contribution >= 4 is 11.6 Å². The van der Waals surface area contributed by atoms with E-state index in [4.69, 9.17) is 5.84 Å². The fraction of sp³-hybridized carbons (Fsp3) is 0.636. The van der Waals surface area contributed by atoms with E-state index >= 15 is 0 Å². The largest absolute Gasteiger partial charge is 0.451 e. The van der Waals surface area contributed by atoms with Crippen molar-refractivity contribution in [2.45, 2.75) is 39.4 Å². The highest BCUT2D eigenvalue weighted by Gasteiger charge is 2.35. The smallest absolute Gasteiger partial charge is 0.367 e. The molecular formula is C11H18F3N5. The quantitative estimate of drug-likeness (QED) is 0.570. The monoisotopic (exact) mass is 277 g/mol. The normalized spacial score (nSPS) is 13.5. The van der Waals surface area contributed by atoms with Crippen LogP contribution in [0.4, 0.5) is 24.8 Å². The van der Waals surface area contributed by atoms with Gasteiger partial charge in [-0.25, -0.2) is 15.8 Å². The minimum atomic E-state index is -4.61. The lowest BCUT2D eigenvalue weighted by molar-refractivity contribution is -0.144. The Labute approximate surface area is 109 Å². The summed E-state index contributed by atoms with van der Waals surface area (Å²) in [6.07, 6.45) is -3.84. The van der Waals surface area contributed by atoms with Crippen LogP contribution < -0.4 is 16.6 Å². The van der Waals surface area contributed by atoms with Gasteiger partial charge in [-0.1, -0.05) is 20.8 Å². The van der Waals surface area contributed by atoms with Gasteiger partial charge in [-0.3, -0.25) is 0 Å². The van der Waals surface area contributed by atoms with Crippen molar-refractivity contribution in [3.05, 3.63) is 11.9 Å². The average molecular weight is 277 g/mol. The molecule has 1 aromatic heterocycles. The average Bonchev–Trinajstić information content (AvgIpc) is 2.34. The molecule has 0 aliphatic carbocycles. The molecule has 1 heterocycles. The third-order valence-corrected chi connectivity index (χ3v) is 2.71. The highest BCUT2D eigenvalue weighted by Crippen LogP contribution is 2.28. The van der Waals surface area contributed by atoms with E-state index in [1.807, 2.05) is 20.8 Å². The molecular weight excluding hydrogens is 259 g/mol. The first-order chi connectivity index (χ1) is 8.77. The summed E-state index contributed by atoms with van der Waals surface area (Å²) in [5.74, 6) is 4.19. The lowest BCUT2D eigenvalue weighted by atomic mass is 10.0. The third-order valence-electron chi connectivity index (χ3n) is 2.71. The molecule has 0 fully saturated rings. The number of anilines is 2. The number of nitrogens with two attached hydrogens (primary N) is 1. The Bertz CT molecular complexity index is 419. The molecule has 0 saturated heterocycles. The number of nitrogen functional groups attached to an aromatic ring is 1. The SMILES string of the molecule is CCC(Nc1cc(NN)nc(C(F)(F)F)n1)C(C)C. The van der Waals surface area contributed by atoms with Crippen LogP contribution in [-0.2, 0) is 6.18 Å². The molecule has 1 atom stereocenters. The molecule has 0 saturated carbocycles. The van der Waals surface area contributed by atoms with Crippen molar-refractivity contribution in [2.24, 2.45) is 11.8 Å². The summed E-state index contributed by atoms with van der Waals surface area (Å²) in [6, 6.07) is 1.38. The van der Waals surface area contributed by atoms with Crippen molar-refractivity contribution in [1.29, 1.82) is 0 Å². The van der Waals surface area contributed by atoms with Crippen molar-refractivity contribution in [2.75, 3.05) is 10.7 Å². The molecule has 0 aliphatic heterocycles. The van der Waals surface area contributed by atoms with Gasteiger partial charge < -0.3 is 10.7 Å². The number of nitrogens with one attached hydrogen (secondary N) is 2. The second kappa shape index (κ2) is 6.05. The summed E-state index contributed by atoms with van der Waals surface area (Å²) in [6.45, 7) is 5.91. The maximum Gasteiger partial charge on any atom is 0.451 e. The zero-order valence-corrected chi connectivity index (χ0v) is 11.0. The van der Waals surface area contributed by atoms with E-state index < -0.39 is 12.0 Å². The second-order valence-electron chi connectivity index (χ2n) is 4.51. The molecule has 1 aromatic rings. The molecule has 8 heteroatoms. The highest BCUT2D eigenvalue weighted by molar-refractivity contribution is 5.47. The Kier molecular flexibility index (Phi) is 4.93. The minimum Gasteiger partial charge on any atom is -0.367 e. The Morgan fingerprint density at radius 1 is 1.26 bits per heavy atom. The molecule has 1 rings (SSSR count). The number of hydrogen-bond donors (Lipinski definition) is 3. The highest BCUT2D eigenvalue weighted by atomic mass is 19.4. The summed E-state index contributed by atoms with van der Waals surface area (Å²) in [4.78, 5) is 6.77. The summed E-state index contributed by atoms with van der Waals surface area (Å²) in [5.41, 5.74) is 2.11. The fourth-order valence-corrected chi connectivity index (χ4v) is 1.65. The topological polar surface area (TPSA) is 75.9 Å². The van der Waals surface area contributed by atoms with E-state index in [0.717, 1.165) is 6.42 Å². The van der Waals surface area contributed by atoms with E-state index in [1.54, 1.807) is 0 Å². The lowest BCUT2D eigenvalue weighted by Crippen LogP contribution is -2.26. The van der Waals surface area contributed by atoms with E-state index in [9.17, 15) is 13.2 Å². The van der Waals surface area contributed by atoms with Gasteiger partial charge in [0.05, 0.1) is 0 Å². The summed E-state index contributed by atoms with van der Waals surface area (Å²) < 4.78 is 37.9. The van der Waals surface area contributed by atoms with Crippen molar-refractivity contribution < 1.29 is 13.2 Å². The summed E-state index contributed by atoms with van der Waals surface area (Å²) in [7, 11) is 0. The maximum atomic E-state index is 12.6. The molecule has 0 spiro atoms. The van der Waals surface area contributed by atoms with Gasteiger partial charge >= 0.3 is 6.18 Å². The van der Waals surface area contributed by atoms with Gasteiger partial charge in [-0.15, -0.1) is 0 Å². The van der Waals surface area contributed by atoms with Crippen molar-refractivity contribution in [1.82, 2.24) is 9.97 Å². The van der Waals surface area contributed by atoms with Gasteiger partial charge in [0.1, 0.15) is 11.6 Å². The fourth-order valence-electron chi connectivity index (χ4n) is 1.65. The molecule has 5 nitrogen and oxygen atoms in total. The van der Waals surface area contributed by atoms with Crippen molar-refractivity contribution in [3.8, 4) is 0 Å². The number of nitrogens with zero attached hydrogens (tertiary/aromatic N) is 2. The number of halogens is 3. The van der Waals surface area contributed by atoms with Gasteiger partial charge in [-0.2, -0.15) is 13.2 Å². The van der Waals surface area contributed by atoms with Gasteiger partial charge in [0.25, 0.3) is 0 Å². The number of alkyl halides is 3. The number of hydrogen-bond acceptors (Lipinski definition) is 5. The molecule has 0 aromatic carbocycles. The number of aromatic nitrogens is 2.